The molecule has 0 N–H and O–H groups in total. The Labute approximate surface area is 155 Å². The van der Waals surface area contributed by atoms with Gasteiger partial charge in [-0.2, -0.15) is 0 Å². The third kappa shape index (κ3) is 4.50. The van der Waals surface area contributed by atoms with Crippen molar-refractivity contribution < 1.29 is 19.1 Å². The zero-order chi connectivity index (χ0) is 18.6. The maximum atomic E-state index is 12.1. The van der Waals surface area contributed by atoms with Gasteiger partial charge in [0.25, 0.3) is 0 Å². The minimum atomic E-state index is -0.778. The molecule has 0 spiro atoms. The molecule has 132 valence electrons. The van der Waals surface area contributed by atoms with Gasteiger partial charge in [-0.05, 0) is 50.6 Å². The Kier molecular flexibility index (Phi) is 6.39. The zero-order valence-corrected chi connectivity index (χ0v) is 15.6. The number of fused-ring (bicyclic) bond motifs is 1. The first-order valence-corrected chi connectivity index (χ1v) is 8.45. The van der Waals surface area contributed by atoms with Crippen molar-refractivity contribution in [3.05, 3.63) is 45.1 Å². The third-order valence-corrected chi connectivity index (χ3v) is 3.87. The Morgan fingerprint density at radius 3 is 2.24 bits per heavy atom. The fourth-order valence-electron chi connectivity index (χ4n) is 2.29. The van der Waals surface area contributed by atoms with Crippen LogP contribution in [0.4, 0.5) is 0 Å². The van der Waals surface area contributed by atoms with Crippen molar-refractivity contribution in [2.75, 3.05) is 13.2 Å². The van der Waals surface area contributed by atoms with E-state index in [0.717, 1.165) is 10.9 Å². The van der Waals surface area contributed by atoms with Crippen molar-refractivity contribution in [3.63, 3.8) is 0 Å². The fourth-order valence-corrected chi connectivity index (χ4v) is 2.76. The lowest BCUT2D eigenvalue weighted by atomic mass is 10.1. The van der Waals surface area contributed by atoms with E-state index in [9.17, 15) is 9.59 Å². The molecule has 0 saturated heterocycles. The van der Waals surface area contributed by atoms with Gasteiger partial charge >= 0.3 is 11.9 Å². The number of aryl methyl sites for hydroxylation is 1. The SMILES string of the molecule is CCOC(=O)C(=Cc1cc2cc(Cl)cc(C)c2nc1Cl)C(=O)OCC. The molecule has 7 heteroatoms. The Balaban J connectivity index is 2.59. The lowest BCUT2D eigenvalue weighted by Crippen LogP contribution is -2.18. The summed E-state index contributed by atoms with van der Waals surface area (Å²) in [6.45, 7) is 5.43. The predicted octanol–water partition coefficient (Wildman–Crippen LogP) is 4.36. The molecule has 0 saturated carbocycles. The van der Waals surface area contributed by atoms with Crippen LogP contribution in [0.1, 0.15) is 25.0 Å². The zero-order valence-electron chi connectivity index (χ0n) is 14.1. The number of hydrogen-bond donors (Lipinski definition) is 0. The van der Waals surface area contributed by atoms with Gasteiger partial charge in [0.05, 0.1) is 18.7 Å². The number of carbonyl (C=O) groups excluding carboxylic acids is 2. The van der Waals surface area contributed by atoms with Crippen LogP contribution in [0, 0.1) is 6.92 Å². The van der Waals surface area contributed by atoms with Crippen LogP contribution in [0.5, 0.6) is 0 Å². The van der Waals surface area contributed by atoms with Gasteiger partial charge < -0.3 is 9.47 Å². The molecule has 0 atom stereocenters. The molecule has 2 rings (SSSR count). The van der Waals surface area contributed by atoms with Crippen molar-refractivity contribution in [2.45, 2.75) is 20.8 Å². The van der Waals surface area contributed by atoms with Crippen LogP contribution >= 0.6 is 23.2 Å². The summed E-state index contributed by atoms with van der Waals surface area (Å²) >= 11 is 12.3. The molecule has 1 aromatic carbocycles. The van der Waals surface area contributed by atoms with Crippen molar-refractivity contribution >= 4 is 52.1 Å². The van der Waals surface area contributed by atoms with E-state index in [-0.39, 0.29) is 23.9 Å². The number of aromatic nitrogens is 1. The molecule has 0 unspecified atom stereocenters. The first-order valence-electron chi connectivity index (χ1n) is 7.69. The molecule has 0 aliphatic carbocycles. The Morgan fingerprint density at radius 1 is 1.08 bits per heavy atom. The Morgan fingerprint density at radius 2 is 1.68 bits per heavy atom. The number of hydrogen-bond acceptors (Lipinski definition) is 5. The molecular formula is C18H17Cl2NO4. The first kappa shape index (κ1) is 19.2. The maximum absolute atomic E-state index is 12.1. The first-order chi connectivity index (χ1) is 11.9. The fraction of sp³-hybridized carbons (Fsp3) is 0.278. The van der Waals surface area contributed by atoms with E-state index < -0.39 is 11.9 Å². The smallest absolute Gasteiger partial charge is 0.345 e. The molecule has 0 aliphatic rings. The molecule has 1 heterocycles. The quantitative estimate of drug-likeness (QED) is 0.253. The number of nitrogens with zero attached hydrogens (tertiary/aromatic N) is 1. The number of benzene rings is 1. The predicted molar refractivity (Wildman–Crippen MR) is 97.7 cm³/mol. The highest BCUT2D eigenvalue weighted by molar-refractivity contribution is 6.33. The highest BCUT2D eigenvalue weighted by Gasteiger charge is 2.22. The van der Waals surface area contributed by atoms with Gasteiger partial charge in [-0.25, -0.2) is 14.6 Å². The summed E-state index contributed by atoms with van der Waals surface area (Å²) in [7, 11) is 0. The molecule has 0 fully saturated rings. The molecule has 25 heavy (non-hydrogen) atoms. The molecular weight excluding hydrogens is 365 g/mol. The normalized spacial score (nSPS) is 10.4. The van der Waals surface area contributed by atoms with E-state index in [0.29, 0.717) is 16.1 Å². The van der Waals surface area contributed by atoms with Gasteiger partial charge in [-0.1, -0.05) is 23.2 Å². The van der Waals surface area contributed by atoms with Crippen LogP contribution in [-0.2, 0) is 19.1 Å². The molecule has 0 amide bonds. The number of halogens is 2. The average Bonchev–Trinajstić information content (AvgIpc) is 2.54. The lowest BCUT2D eigenvalue weighted by Gasteiger charge is -2.09. The number of ether oxygens (including phenoxy) is 2. The topological polar surface area (TPSA) is 65.5 Å². The number of rotatable bonds is 5. The summed E-state index contributed by atoms with van der Waals surface area (Å²) in [5.41, 5.74) is 1.72. The van der Waals surface area contributed by atoms with Crippen molar-refractivity contribution in [2.24, 2.45) is 0 Å². The highest BCUT2D eigenvalue weighted by atomic mass is 35.5. The van der Waals surface area contributed by atoms with Gasteiger partial charge in [-0.15, -0.1) is 0 Å². The van der Waals surface area contributed by atoms with Gasteiger partial charge in [0.1, 0.15) is 10.7 Å². The van der Waals surface area contributed by atoms with Crippen LogP contribution in [0.3, 0.4) is 0 Å². The van der Waals surface area contributed by atoms with E-state index in [1.54, 1.807) is 32.0 Å². The van der Waals surface area contributed by atoms with Gasteiger partial charge in [-0.3, -0.25) is 0 Å². The second-order valence-electron chi connectivity index (χ2n) is 5.16. The van der Waals surface area contributed by atoms with Crippen LogP contribution in [0.25, 0.3) is 17.0 Å². The lowest BCUT2D eigenvalue weighted by molar-refractivity contribution is -0.146. The minimum Gasteiger partial charge on any atom is -0.462 e. The molecule has 2 aromatic rings. The highest BCUT2D eigenvalue weighted by Crippen LogP contribution is 2.28. The largest absolute Gasteiger partial charge is 0.462 e. The van der Waals surface area contributed by atoms with E-state index >= 15 is 0 Å². The summed E-state index contributed by atoms with van der Waals surface area (Å²) in [4.78, 5) is 28.5. The second-order valence-corrected chi connectivity index (χ2v) is 5.96. The van der Waals surface area contributed by atoms with E-state index in [1.807, 2.05) is 6.92 Å². The summed E-state index contributed by atoms with van der Waals surface area (Å²) in [6.07, 6.45) is 1.32. The summed E-state index contributed by atoms with van der Waals surface area (Å²) < 4.78 is 9.83. The second kappa shape index (κ2) is 8.32. The molecule has 5 nitrogen and oxygen atoms in total. The van der Waals surface area contributed by atoms with Gasteiger partial charge in [0.15, 0.2) is 0 Å². The number of pyridine rings is 1. The summed E-state index contributed by atoms with van der Waals surface area (Å²) in [5, 5.41) is 1.46. The van der Waals surface area contributed by atoms with Crippen LogP contribution in [-0.4, -0.2) is 30.1 Å². The number of carbonyl (C=O) groups is 2. The summed E-state index contributed by atoms with van der Waals surface area (Å²) in [6, 6.07) is 5.23. The molecule has 0 bridgehead atoms. The van der Waals surface area contributed by atoms with Crippen molar-refractivity contribution in [3.8, 4) is 0 Å². The monoisotopic (exact) mass is 381 g/mol. The Bertz CT molecular complexity index is 842. The standard InChI is InChI=1S/C18H17Cl2NO4/c1-4-24-17(22)14(18(23)25-5-2)9-12-7-11-8-13(19)6-10(3)15(11)21-16(12)20/h6-9H,4-5H2,1-3H3. The third-order valence-electron chi connectivity index (χ3n) is 3.34. The minimum absolute atomic E-state index is 0.133. The molecule has 0 radical (unpaired) electrons. The van der Waals surface area contributed by atoms with Gasteiger partial charge in [0.2, 0.25) is 0 Å². The molecule has 0 aliphatic heterocycles. The van der Waals surface area contributed by atoms with E-state index in [4.69, 9.17) is 32.7 Å². The number of esters is 2. The van der Waals surface area contributed by atoms with Crippen LogP contribution < -0.4 is 0 Å². The maximum Gasteiger partial charge on any atom is 0.345 e. The van der Waals surface area contributed by atoms with Crippen LogP contribution in [0.2, 0.25) is 10.2 Å². The Hall–Kier alpha value is -2.11. The van der Waals surface area contributed by atoms with Gasteiger partial charge in [0, 0.05) is 16.0 Å². The van der Waals surface area contributed by atoms with Crippen molar-refractivity contribution in [1.29, 1.82) is 0 Å². The average molecular weight is 382 g/mol. The van der Waals surface area contributed by atoms with E-state index in [1.165, 1.54) is 6.08 Å². The van der Waals surface area contributed by atoms with Crippen LogP contribution in [0.15, 0.2) is 23.8 Å². The van der Waals surface area contributed by atoms with E-state index in [2.05, 4.69) is 4.98 Å². The summed E-state index contributed by atoms with van der Waals surface area (Å²) in [5.74, 6) is -1.56. The van der Waals surface area contributed by atoms with Crippen molar-refractivity contribution in [1.82, 2.24) is 4.98 Å². The molecule has 1 aromatic heterocycles.